The number of hydrogen-bond donors (Lipinski definition) is 0. The Balaban J connectivity index is 2.25. The van der Waals surface area contributed by atoms with E-state index in [0.717, 1.165) is 5.56 Å². The quantitative estimate of drug-likeness (QED) is 0.790. The van der Waals surface area contributed by atoms with Gasteiger partial charge in [-0.15, -0.1) is 0 Å². The summed E-state index contributed by atoms with van der Waals surface area (Å²) in [6.45, 7) is 5.86. The van der Waals surface area contributed by atoms with E-state index in [1.165, 1.54) is 4.57 Å². The van der Waals surface area contributed by atoms with Crippen molar-refractivity contribution in [3.8, 4) is 0 Å². The fourth-order valence-corrected chi connectivity index (χ4v) is 2.07. The van der Waals surface area contributed by atoms with Gasteiger partial charge in [0.05, 0.1) is 6.54 Å². The molecule has 0 radical (unpaired) electrons. The zero-order valence-electron chi connectivity index (χ0n) is 11.5. The highest BCUT2D eigenvalue weighted by atomic mass is 16.2. The van der Waals surface area contributed by atoms with Gasteiger partial charge in [0, 0.05) is 24.0 Å². The Morgan fingerprint density at radius 3 is 2.47 bits per heavy atom. The number of Topliss-reactive ketones (excluding diaryl/α,β-unsaturated/α-hetero) is 1. The molecule has 0 amide bonds. The van der Waals surface area contributed by atoms with Crippen LogP contribution in [0.3, 0.4) is 0 Å². The van der Waals surface area contributed by atoms with E-state index in [2.05, 4.69) is 0 Å². The van der Waals surface area contributed by atoms with Gasteiger partial charge in [-0.2, -0.15) is 0 Å². The van der Waals surface area contributed by atoms with E-state index >= 15 is 0 Å². The lowest BCUT2D eigenvalue weighted by atomic mass is 10.1. The van der Waals surface area contributed by atoms with Gasteiger partial charge in [0.2, 0.25) is 0 Å². The third-order valence-corrected chi connectivity index (χ3v) is 3.19. The van der Waals surface area contributed by atoms with Gasteiger partial charge in [-0.1, -0.05) is 24.3 Å². The van der Waals surface area contributed by atoms with Crippen molar-refractivity contribution in [1.29, 1.82) is 0 Å². The number of rotatable bonds is 4. The Morgan fingerprint density at radius 2 is 1.89 bits per heavy atom. The van der Waals surface area contributed by atoms with Crippen LogP contribution in [0, 0.1) is 6.92 Å². The molecule has 0 aliphatic heterocycles. The summed E-state index contributed by atoms with van der Waals surface area (Å²) < 4.78 is 3.07. The van der Waals surface area contributed by atoms with Gasteiger partial charge in [-0.3, -0.25) is 13.9 Å². The van der Waals surface area contributed by atoms with E-state index in [1.807, 2.05) is 39.0 Å². The lowest BCUT2D eigenvalue weighted by Crippen LogP contribution is -2.27. The second-order valence-corrected chi connectivity index (χ2v) is 4.95. The van der Waals surface area contributed by atoms with Crippen LogP contribution >= 0.6 is 0 Å². The molecule has 0 unspecified atom stereocenters. The molecular weight excluding hydrogens is 240 g/mol. The highest BCUT2D eigenvalue weighted by Crippen LogP contribution is 2.09. The minimum Gasteiger partial charge on any atom is -0.297 e. The Bertz CT molecular complexity index is 650. The monoisotopic (exact) mass is 258 g/mol. The van der Waals surface area contributed by atoms with Crippen LogP contribution in [0.15, 0.2) is 41.5 Å². The van der Waals surface area contributed by atoms with Crippen LogP contribution in [0.2, 0.25) is 0 Å². The lowest BCUT2D eigenvalue weighted by Gasteiger charge is -2.06. The number of carbonyl (C=O) groups excluding carboxylic acids is 1. The fourth-order valence-electron chi connectivity index (χ4n) is 2.07. The number of carbonyl (C=O) groups is 1. The summed E-state index contributed by atoms with van der Waals surface area (Å²) >= 11 is 0. The van der Waals surface area contributed by atoms with Crippen LogP contribution in [0.5, 0.6) is 0 Å². The van der Waals surface area contributed by atoms with Crippen molar-refractivity contribution in [2.75, 3.05) is 0 Å². The van der Waals surface area contributed by atoms with E-state index < -0.39 is 0 Å². The predicted molar refractivity (Wildman–Crippen MR) is 74.6 cm³/mol. The first-order valence-electron chi connectivity index (χ1n) is 6.37. The summed E-state index contributed by atoms with van der Waals surface area (Å²) in [7, 11) is 0. The number of benzene rings is 1. The second-order valence-electron chi connectivity index (χ2n) is 4.95. The largest absolute Gasteiger partial charge is 0.328 e. The van der Waals surface area contributed by atoms with Crippen molar-refractivity contribution in [3.63, 3.8) is 0 Å². The van der Waals surface area contributed by atoms with Gasteiger partial charge in [-0.25, -0.2) is 4.79 Å². The van der Waals surface area contributed by atoms with E-state index in [9.17, 15) is 9.59 Å². The standard InChI is InChI=1S/C15H18N2O2/c1-11(2)17-9-8-16(15(17)19)10-14(18)13-7-5-4-6-12(13)3/h4-9,11H,10H2,1-3H3. The third kappa shape index (κ3) is 2.67. The molecule has 0 saturated carbocycles. The normalized spacial score (nSPS) is 10.9. The van der Waals surface area contributed by atoms with Gasteiger partial charge >= 0.3 is 5.69 Å². The summed E-state index contributed by atoms with van der Waals surface area (Å²) in [5.74, 6) is -0.0401. The average molecular weight is 258 g/mol. The Labute approximate surface area is 112 Å². The number of hydrogen-bond acceptors (Lipinski definition) is 2. The molecule has 2 aromatic rings. The highest BCUT2D eigenvalue weighted by molar-refractivity contribution is 5.97. The molecule has 0 atom stereocenters. The molecule has 0 aliphatic rings. The number of aryl methyl sites for hydroxylation is 1. The van der Waals surface area contributed by atoms with Crippen molar-refractivity contribution >= 4 is 5.78 Å². The third-order valence-electron chi connectivity index (χ3n) is 3.19. The topological polar surface area (TPSA) is 44.0 Å². The maximum absolute atomic E-state index is 12.2. The van der Waals surface area contributed by atoms with Gasteiger partial charge in [0.1, 0.15) is 0 Å². The summed E-state index contributed by atoms with van der Waals surface area (Å²) in [6, 6.07) is 7.52. The van der Waals surface area contributed by atoms with Crippen molar-refractivity contribution in [2.24, 2.45) is 0 Å². The van der Waals surface area contributed by atoms with E-state index in [4.69, 9.17) is 0 Å². The fraction of sp³-hybridized carbons (Fsp3) is 0.333. The van der Waals surface area contributed by atoms with E-state index in [0.29, 0.717) is 5.56 Å². The zero-order valence-corrected chi connectivity index (χ0v) is 11.5. The molecular formula is C15H18N2O2. The molecule has 1 heterocycles. The van der Waals surface area contributed by atoms with Crippen molar-refractivity contribution in [1.82, 2.24) is 9.13 Å². The molecule has 4 nitrogen and oxygen atoms in total. The summed E-state index contributed by atoms with van der Waals surface area (Å²) in [5.41, 5.74) is 1.47. The van der Waals surface area contributed by atoms with Crippen LogP contribution in [-0.2, 0) is 6.54 Å². The maximum Gasteiger partial charge on any atom is 0.328 e. The summed E-state index contributed by atoms with van der Waals surface area (Å²) in [5, 5.41) is 0. The van der Waals surface area contributed by atoms with Gasteiger partial charge in [0.15, 0.2) is 5.78 Å². The first-order valence-corrected chi connectivity index (χ1v) is 6.37. The Hall–Kier alpha value is -2.10. The molecule has 0 spiro atoms. The molecule has 0 N–H and O–H groups in total. The molecule has 2 rings (SSSR count). The number of aromatic nitrogens is 2. The molecule has 0 bridgehead atoms. The second kappa shape index (κ2) is 5.26. The van der Waals surface area contributed by atoms with Crippen molar-refractivity contribution < 1.29 is 4.79 Å². The minimum absolute atomic E-state index is 0.0401. The van der Waals surface area contributed by atoms with Crippen molar-refractivity contribution in [3.05, 3.63) is 58.3 Å². The van der Waals surface area contributed by atoms with Gasteiger partial charge < -0.3 is 0 Å². The van der Waals surface area contributed by atoms with Crippen molar-refractivity contribution in [2.45, 2.75) is 33.4 Å². The summed E-state index contributed by atoms with van der Waals surface area (Å²) in [6.07, 6.45) is 3.39. The molecule has 100 valence electrons. The number of ketones is 1. The van der Waals surface area contributed by atoms with Crippen LogP contribution in [-0.4, -0.2) is 14.9 Å². The van der Waals surface area contributed by atoms with Crippen LogP contribution < -0.4 is 5.69 Å². The van der Waals surface area contributed by atoms with Crippen LogP contribution in [0.1, 0.15) is 35.8 Å². The Morgan fingerprint density at radius 1 is 1.21 bits per heavy atom. The SMILES string of the molecule is Cc1ccccc1C(=O)Cn1ccn(C(C)C)c1=O. The highest BCUT2D eigenvalue weighted by Gasteiger charge is 2.12. The van der Waals surface area contributed by atoms with Crippen LogP contribution in [0.4, 0.5) is 0 Å². The maximum atomic E-state index is 12.2. The number of nitrogens with zero attached hydrogens (tertiary/aromatic N) is 2. The Kier molecular flexibility index (Phi) is 3.69. The molecule has 0 aliphatic carbocycles. The molecule has 1 aromatic heterocycles. The van der Waals surface area contributed by atoms with E-state index in [-0.39, 0.29) is 24.1 Å². The molecule has 4 heteroatoms. The molecule has 1 aromatic carbocycles. The molecule has 19 heavy (non-hydrogen) atoms. The minimum atomic E-state index is -0.142. The predicted octanol–water partition coefficient (Wildman–Crippen LogP) is 2.42. The van der Waals surface area contributed by atoms with E-state index in [1.54, 1.807) is 23.0 Å². The zero-order chi connectivity index (χ0) is 14.0. The van der Waals surface area contributed by atoms with Gasteiger partial charge in [-0.05, 0) is 26.3 Å². The smallest absolute Gasteiger partial charge is 0.297 e. The average Bonchev–Trinajstić information content (AvgIpc) is 2.71. The van der Waals surface area contributed by atoms with Gasteiger partial charge in [0.25, 0.3) is 0 Å². The van der Waals surface area contributed by atoms with Crippen LogP contribution in [0.25, 0.3) is 0 Å². The number of imidazole rings is 1. The summed E-state index contributed by atoms with van der Waals surface area (Å²) in [4.78, 5) is 24.2. The lowest BCUT2D eigenvalue weighted by molar-refractivity contribution is 0.0970. The molecule has 0 saturated heterocycles. The first-order chi connectivity index (χ1) is 9.00. The molecule has 0 fully saturated rings. The first kappa shape index (κ1) is 13.3.